The number of halogens is 6. The molecule has 2 rings (SSSR count). The van der Waals surface area contributed by atoms with E-state index in [1.807, 2.05) is 0 Å². The number of nitrogens with zero attached hydrogens (tertiary/aromatic N) is 2. The molecule has 1 aromatic rings. The molecule has 29 heavy (non-hydrogen) atoms. The predicted molar refractivity (Wildman–Crippen MR) is 92.6 cm³/mol. The zero-order valence-corrected chi connectivity index (χ0v) is 16.9. The molecular formula is C17H18F6N2O3Si. The van der Waals surface area contributed by atoms with Crippen LogP contribution in [0.1, 0.15) is 18.1 Å². The summed E-state index contributed by atoms with van der Waals surface area (Å²) in [7, 11) is -2.77. The summed E-state index contributed by atoms with van der Waals surface area (Å²) in [6.45, 7) is 5.76. The summed E-state index contributed by atoms with van der Waals surface area (Å²) in [5, 5.41) is 8.89. The molecule has 1 aromatic carbocycles. The van der Waals surface area contributed by atoms with E-state index >= 15 is 0 Å². The Morgan fingerprint density at radius 3 is 2.24 bits per heavy atom. The number of hydrogen-bond acceptors (Lipinski definition) is 4. The van der Waals surface area contributed by atoms with Crippen molar-refractivity contribution in [1.29, 1.82) is 5.26 Å². The highest BCUT2D eigenvalue weighted by Crippen LogP contribution is 2.40. The highest BCUT2D eigenvalue weighted by molar-refractivity contribution is 6.69. The van der Waals surface area contributed by atoms with Gasteiger partial charge in [0.25, 0.3) is 0 Å². The molecule has 1 aliphatic heterocycles. The van der Waals surface area contributed by atoms with E-state index in [2.05, 4.69) is 0 Å². The lowest BCUT2D eigenvalue weighted by molar-refractivity contribution is -0.206. The number of amides is 1. The van der Waals surface area contributed by atoms with E-state index in [1.165, 1.54) is 32.6 Å². The van der Waals surface area contributed by atoms with Gasteiger partial charge in [0, 0.05) is 5.69 Å². The number of alkyl halides is 6. The Hall–Kier alpha value is -2.26. The summed E-state index contributed by atoms with van der Waals surface area (Å²) in [6, 6.07) is 1.88. The smallest absolute Gasteiger partial charge is 0.417 e. The second kappa shape index (κ2) is 7.53. The van der Waals surface area contributed by atoms with Crippen LogP contribution in [0.2, 0.25) is 19.6 Å². The van der Waals surface area contributed by atoms with Gasteiger partial charge in [0.2, 0.25) is 0 Å². The predicted octanol–water partition coefficient (Wildman–Crippen LogP) is 5.07. The molecule has 0 saturated carbocycles. The number of cyclic esters (lactones) is 1. The number of benzene rings is 1. The maximum Gasteiger partial charge on any atom is 0.417 e. The summed E-state index contributed by atoms with van der Waals surface area (Å²) in [5.41, 5.74) is -2.55. The van der Waals surface area contributed by atoms with Crippen molar-refractivity contribution < 1.29 is 40.3 Å². The van der Waals surface area contributed by atoms with E-state index in [9.17, 15) is 31.1 Å². The Morgan fingerprint density at radius 2 is 1.79 bits per heavy atom. The molecule has 0 N–H and O–H groups in total. The van der Waals surface area contributed by atoms with E-state index in [1.54, 1.807) is 0 Å². The van der Waals surface area contributed by atoms with Crippen LogP contribution in [-0.2, 0) is 15.3 Å². The summed E-state index contributed by atoms with van der Waals surface area (Å²) < 4.78 is 91.2. The molecule has 1 fully saturated rings. The second-order valence-electron chi connectivity index (χ2n) is 7.48. The second-order valence-corrected chi connectivity index (χ2v) is 11.9. The lowest BCUT2D eigenvalue weighted by atomic mass is 10.0. The molecule has 0 aromatic heterocycles. The number of carbonyl (C=O) groups excluding carboxylic acids is 1. The van der Waals surface area contributed by atoms with Crippen LogP contribution in [0.3, 0.4) is 0 Å². The average molecular weight is 440 g/mol. The van der Waals surface area contributed by atoms with Crippen LogP contribution in [0.5, 0.6) is 0 Å². The maximum absolute atomic E-state index is 13.8. The average Bonchev–Trinajstić information content (AvgIpc) is 2.83. The van der Waals surface area contributed by atoms with E-state index in [4.69, 9.17) is 14.4 Å². The third kappa shape index (κ3) is 5.02. The van der Waals surface area contributed by atoms with Crippen molar-refractivity contribution in [2.24, 2.45) is 0 Å². The van der Waals surface area contributed by atoms with Crippen LogP contribution in [0, 0.1) is 11.3 Å². The standard InChI is InChI=1S/C17H18F6N2O3Si/c1-9-13(14(17(21,22)23)28-29(2,3)4)25(15(26)27-9)11-6-5-10(8-24)12(7-11)16(18,19)20/h5-7,9,13-14H,1-4H3/t9-,13+,14?/m0/s1. The van der Waals surface area contributed by atoms with E-state index in [0.29, 0.717) is 11.0 Å². The van der Waals surface area contributed by atoms with E-state index in [-0.39, 0.29) is 0 Å². The van der Waals surface area contributed by atoms with Crippen LogP contribution >= 0.6 is 0 Å². The number of hydrogen-bond donors (Lipinski definition) is 0. The number of nitriles is 1. The first kappa shape index (κ1) is 23.0. The van der Waals surface area contributed by atoms with Gasteiger partial charge in [-0.25, -0.2) is 4.79 Å². The molecular weight excluding hydrogens is 422 g/mol. The van der Waals surface area contributed by atoms with Gasteiger partial charge in [-0.15, -0.1) is 0 Å². The van der Waals surface area contributed by atoms with Crippen LogP contribution in [-0.4, -0.2) is 38.8 Å². The molecule has 1 saturated heterocycles. The van der Waals surface area contributed by atoms with E-state index < -0.39 is 61.8 Å². The van der Waals surface area contributed by atoms with Crippen molar-refractivity contribution in [1.82, 2.24) is 0 Å². The SMILES string of the molecule is C[C@@H]1OC(=O)N(c2ccc(C#N)c(C(F)(F)F)c2)[C@H]1C(O[Si](C)(C)C)C(F)(F)F. The Kier molecular flexibility index (Phi) is 5.98. The lowest BCUT2D eigenvalue weighted by Crippen LogP contribution is -2.56. The van der Waals surface area contributed by atoms with Crippen LogP contribution in [0.4, 0.5) is 36.8 Å². The zero-order valence-electron chi connectivity index (χ0n) is 15.9. The molecule has 0 spiro atoms. The summed E-state index contributed by atoms with van der Waals surface area (Å²) in [5.74, 6) is 0. The molecule has 1 unspecified atom stereocenters. The molecule has 0 radical (unpaired) electrons. The Morgan fingerprint density at radius 1 is 1.21 bits per heavy atom. The molecule has 1 amide bonds. The molecule has 1 aliphatic rings. The molecule has 5 nitrogen and oxygen atoms in total. The van der Waals surface area contributed by atoms with Gasteiger partial charge in [-0.1, -0.05) is 0 Å². The molecule has 12 heteroatoms. The van der Waals surface area contributed by atoms with Gasteiger partial charge >= 0.3 is 18.4 Å². The fourth-order valence-electron chi connectivity index (χ4n) is 3.00. The largest absolute Gasteiger partial charge is 0.444 e. The van der Waals surface area contributed by atoms with Gasteiger partial charge in [-0.05, 0) is 44.8 Å². The number of ether oxygens (including phenoxy) is 1. The first-order valence-electron chi connectivity index (χ1n) is 8.42. The van der Waals surface area contributed by atoms with E-state index in [0.717, 1.165) is 12.1 Å². The molecule has 1 heterocycles. The highest BCUT2D eigenvalue weighted by Gasteiger charge is 2.56. The summed E-state index contributed by atoms with van der Waals surface area (Å²) in [6.07, 6.45) is -14.8. The molecule has 0 aliphatic carbocycles. The van der Waals surface area contributed by atoms with Crippen molar-refractivity contribution in [3.05, 3.63) is 29.3 Å². The van der Waals surface area contributed by atoms with Crippen LogP contribution in [0.25, 0.3) is 0 Å². The Labute approximate surface area is 163 Å². The topological polar surface area (TPSA) is 62.6 Å². The van der Waals surface area contributed by atoms with Crippen molar-refractivity contribution in [3.8, 4) is 6.07 Å². The fraction of sp³-hybridized carbons (Fsp3) is 0.529. The van der Waals surface area contributed by atoms with Gasteiger partial charge in [0.1, 0.15) is 12.1 Å². The molecule has 160 valence electrons. The Bertz CT molecular complexity index is 828. The lowest BCUT2D eigenvalue weighted by Gasteiger charge is -2.36. The minimum absolute atomic E-state index is 0.465. The van der Waals surface area contributed by atoms with Gasteiger partial charge < -0.3 is 9.16 Å². The van der Waals surface area contributed by atoms with Gasteiger partial charge in [-0.2, -0.15) is 31.6 Å². The normalized spacial score (nSPS) is 21.7. The monoisotopic (exact) mass is 440 g/mol. The van der Waals surface area contributed by atoms with Gasteiger partial charge in [0.15, 0.2) is 14.4 Å². The molecule has 3 atom stereocenters. The molecule has 0 bridgehead atoms. The number of carbonyl (C=O) groups is 1. The summed E-state index contributed by atoms with van der Waals surface area (Å²) >= 11 is 0. The van der Waals surface area contributed by atoms with Crippen molar-refractivity contribution >= 4 is 20.1 Å². The first-order chi connectivity index (χ1) is 13.1. The fourth-order valence-corrected chi connectivity index (χ4v) is 4.04. The quantitative estimate of drug-likeness (QED) is 0.484. The van der Waals surface area contributed by atoms with Crippen LogP contribution in [0.15, 0.2) is 18.2 Å². The minimum atomic E-state index is -4.94. The van der Waals surface area contributed by atoms with Crippen molar-refractivity contribution in [2.75, 3.05) is 4.90 Å². The summed E-state index contributed by atoms with van der Waals surface area (Å²) in [4.78, 5) is 12.8. The first-order valence-corrected chi connectivity index (χ1v) is 11.8. The third-order valence-electron chi connectivity index (χ3n) is 4.08. The Balaban J connectivity index is 2.60. The van der Waals surface area contributed by atoms with Crippen LogP contribution < -0.4 is 4.90 Å². The third-order valence-corrected chi connectivity index (χ3v) is 5.04. The maximum atomic E-state index is 13.8. The van der Waals surface area contributed by atoms with Gasteiger partial charge in [-0.3, -0.25) is 4.90 Å². The van der Waals surface area contributed by atoms with Crippen molar-refractivity contribution in [3.63, 3.8) is 0 Å². The zero-order chi connectivity index (χ0) is 22.4. The number of anilines is 1. The van der Waals surface area contributed by atoms with Crippen molar-refractivity contribution in [2.45, 2.75) is 57.2 Å². The highest BCUT2D eigenvalue weighted by atomic mass is 28.4. The van der Waals surface area contributed by atoms with Gasteiger partial charge in [0.05, 0.1) is 17.2 Å². The minimum Gasteiger partial charge on any atom is -0.444 e. The number of rotatable bonds is 4.